The van der Waals surface area contributed by atoms with Crippen molar-refractivity contribution < 1.29 is 32.3 Å². The predicted octanol–water partition coefficient (Wildman–Crippen LogP) is 0.750. The lowest BCUT2D eigenvalue weighted by Gasteiger charge is -2.39. The van der Waals surface area contributed by atoms with Crippen LogP contribution in [0, 0.1) is 0 Å². The van der Waals surface area contributed by atoms with Crippen LogP contribution in [-0.2, 0) is 28.9 Å². The summed E-state index contributed by atoms with van der Waals surface area (Å²) in [6.07, 6.45) is -1.29. The van der Waals surface area contributed by atoms with Crippen LogP contribution >= 0.6 is 11.6 Å². The van der Waals surface area contributed by atoms with Gasteiger partial charge in [-0.15, -0.1) is 11.6 Å². The van der Waals surface area contributed by atoms with E-state index >= 15 is 0 Å². The highest BCUT2D eigenvalue weighted by molar-refractivity contribution is 7.94. The van der Waals surface area contributed by atoms with Crippen LogP contribution in [0.2, 0.25) is 0 Å². The molecule has 0 bridgehead atoms. The summed E-state index contributed by atoms with van der Waals surface area (Å²) in [6, 6.07) is 5.02. The SMILES string of the molecule is CC1(C)[C@H](C(=O)OC2OC(=O)c3ccccc32)N2C(=O)[C@H](Cl)[C@H]2S1(=O)=O. The van der Waals surface area contributed by atoms with E-state index in [9.17, 15) is 22.8 Å². The molecular formula is C16H14ClNO7S. The number of cyclic esters (lactones) is 1. The molecule has 1 unspecified atom stereocenters. The van der Waals surface area contributed by atoms with Crippen LogP contribution in [0.3, 0.4) is 0 Å². The molecule has 1 aromatic carbocycles. The van der Waals surface area contributed by atoms with Gasteiger partial charge < -0.3 is 14.4 Å². The fraction of sp³-hybridized carbons (Fsp3) is 0.438. The lowest BCUT2D eigenvalue weighted by Crippen LogP contribution is -2.64. The molecule has 0 aliphatic carbocycles. The van der Waals surface area contributed by atoms with Crippen molar-refractivity contribution in [3.8, 4) is 0 Å². The van der Waals surface area contributed by atoms with Crippen molar-refractivity contribution in [1.29, 1.82) is 0 Å². The number of carbonyl (C=O) groups is 3. The molecule has 3 heterocycles. The molecule has 3 aliphatic heterocycles. The normalized spacial score (nSPS) is 33.1. The molecule has 8 nitrogen and oxygen atoms in total. The monoisotopic (exact) mass is 399 g/mol. The number of β-lactam (4-membered cyclic amide) rings is 1. The maximum atomic E-state index is 12.7. The number of rotatable bonds is 2. The smallest absolute Gasteiger partial charge is 0.342 e. The zero-order valence-corrected chi connectivity index (χ0v) is 15.3. The number of benzene rings is 1. The van der Waals surface area contributed by atoms with E-state index in [4.69, 9.17) is 21.1 Å². The molecule has 26 heavy (non-hydrogen) atoms. The Hall–Kier alpha value is -2.13. The maximum absolute atomic E-state index is 12.7. The number of carbonyl (C=O) groups excluding carboxylic acids is 3. The summed E-state index contributed by atoms with van der Waals surface area (Å²) >= 11 is 5.85. The van der Waals surface area contributed by atoms with Crippen LogP contribution in [0.4, 0.5) is 0 Å². The van der Waals surface area contributed by atoms with Crippen LogP contribution in [0.5, 0.6) is 0 Å². The van der Waals surface area contributed by atoms with E-state index in [-0.39, 0.29) is 5.56 Å². The molecule has 0 N–H and O–H groups in total. The third-order valence-electron chi connectivity index (χ3n) is 5.10. The fourth-order valence-electron chi connectivity index (χ4n) is 3.60. The quantitative estimate of drug-likeness (QED) is 0.410. The first-order valence-corrected chi connectivity index (χ1v) is 9.77. The second-order valence-corrected chi connectivity index (χ2v) is 9.95. The fourth-order valence-corrected chi connectivity index (χ4v) is 6.34. The first-order chi connectivity index (χ1) is 12.1. The zero-order chi connectivity index (χ0) is 19.0. The number of fused-ring (bicyclic) bond motifs is 2. The molecular weight excluding hydrogens is 386 g/mol. The largest absolute Gasteiger partial charge is 0.419 e. The van der Waals surface area contributed by atoms with Crippen LogP contribution in [0.15, 0.2) is 24.3 Å². The Morgan fingerprint density at radius 2 is 1.92 bits per heavy atom. The van der Waals surface area contributed by atoms with E-state index < -0.39 is 55.5 Å². The molecule has 138 valence electrons. The Balaban J connectivity index is 1.65. The van der Waals surface area contributed by atoms with Gasteiger partial charge in [-0.3, -0.25) is 4.79 Å². The van der Waals surface area contributed by atoms with Gasteiger partial charge in [0.2, 0.25) is 5.91 Å². The molecule has 1 aromatic rings. The highest BCUT2D eigenvalue weighted by Crippen LogP contribution is 2.48. The standard InChI is InChI=1S/C16H14ClNO7S/c1-16(2)10(18-11(19)9(17)12(18)26(16,22)23)14(21)25-15-8-6-4-3-5-7(8)13(20)24-15/h3-6,9-10,12,15H,1-2H3/t9-,10-,12+,15?/m0/s1. The van der Waals surface area contributed by atoms with Crippen molar-refractivity contribution in [1.82, 2.24) is 4.90 Å². The van der Waals surface area contributed by atoms with Gasteiger partial charge in [0.25, 0.3) is 6.29 Å². The van der Waals surface area contributed by atoms with Crippen molar-refractivity contribution in [2.75, 3.05) is 0 Å². The highest BCUT2D eigenvalue weighted by atomic mass is 35.5. The second-order valence-electron chi connectivity index (χ2n) is 6.85. The van der Waals surface area contributed by atoms with Gasteiger partial charge in [0, 0.05) is 5.56 Å². The average molecular weight is 400 g/mol. The summed E-state index contributed by atoms with van der Waals surface area (Å²) in [7, 11) is -3.88. The molecule has 0 aromatic heterocycles. The lowest BCUT2D eigenvalue weighted by atomic mass is 9.98. The number of amides is 1. The molecule has 1 amide bonds. The van der Waals surface area contributed by atoms with E-state index in [1.807, 2.05) is 0 Å². The van der Waals surface area contributed by atoms with Gasteiger partial charge in [-0.05, 0) is 19.9 Å². The van der Waals surface area contributed by atoms with E-state index in [2.05, 4.69) is 0 Å². The first kappa shape index (κ1) is 17.3. The Bertz CT molecular complexity index is 957. The Morgan fingerprint density at radius 3 is 2.62 bits per heavy atom. The van der Waals surface area contributed by atoms with Crippen molar-refractivity contribution >= 4 is 39.3 Å². The Morgan fingerprint density at radius 1 is 1.27 bits per heavy atom. The number of esters is 2. The number of hydrogen-bond acceptors (Lipinski definition) is 7. The Labute approximate surface area is 153 Å². The first-order valence-electron chi connectivity index (χ1n) is 7.79. The summed E-state index contributed by atoms with van der Waals surface area (Å²) in [6.45, 7) is 2.69. The van der Waals surface area contributed by atoms with Crippen molar-refractivity contribution in [2.45, 2.75) is 41.7 Å². The minimum Gasteiger partial charge on any atom is -0.419 e. The van der Waals surface area contributed by atoms with Crippen molar-refractivity contribution in [3.63, 3.8) is 0 Å². The van der Waals surface area contributed by atoms with Crippen LogP contribution in [0.25, 0.3) is 0 Å². The van der Waals surface area contributed by atoms with E-state index in [1.165, 1.54) is 19.9 Å². The maximum Gasteiger partial charge on any atom is 0.342 e. The highest BCUT2D eigenvalue weighted by Gasteiger charge is 2.72. The van der Waals surface area contributed by atoms with Gasteiger partial charge in [-0.25, -0.2) is 18.0 Å². The summed E-state index contributed by atoms with van der Waals surface area (Å²) in [5, 5.41) is -2.48. The molecule has 0 saturated carbocycles. The van der Waals surface area contributed by atoms with Gasteiger partial charge in [0.1, 0.15) is 16.2 Å². The van der Waals surface area contributed by atoms with Gasteiger partial charge in [-0.2, -0.15) is 0 Å². The summed E-state index contributed by atoms with van der Waals surface area (Å²) in [5.74, 6) is -2.25. The number of sulfone groups is 1. The average Bonchev–Trinajstić information content (AvgIpc) is 2.96. The number of hydrogen-bond donors (Lipinski definition) is 0. The number of halogens is 1. The van der Waals surface area contributed by atoms with E-state index in [0.717, 1.165) is 4.90 Å². The van der Waals surface area contributed by atoms with Crippen molar-refractivity contribution in [3.05, 3.63) is 35.4 Å². The second kappa shape index (κ2) is 5.20. The third-order valence-corrected chi connectivity index (χ3v) is 8.50. The molecule has 3 aliphatic rings. The molecule has 2 saturated heterocycles. The number of ether oxygens (including phenoxy) is 2. The van der Waals surface area contributed by atoms with Gasteiger partial charge in [-0.1, -0.05) is 18.2 Å². The summed E-state index contributed by atoms with van der Waals surface area (Å²) in [4.78, 5) is 37.6. The van der Waals surface area contributed by atoms with Crippen molar-refractivity contribution in [2.24, 2.45) is 0 Å². The van der Waals surface area contributed by atoms with Crippen LogP contribution in [0.1, 0.15) is 36.1 Å². The van der Waals surface area contributed by atoms with Gasteiger partial charge in [0.15, 0.2) is 15.2 Å². The summed E-state index contributed by atoms with van der Waals surface area (Å²) in [5.41, 5.74) is 0.633. The molecule has 10 heteroatoms. The van der Waals surface area contributed by atoms with Gasteiger partial charge in [0.05, 0.1) is 5.56 Å². The summed E-state index contributed by atoms with van der Waals surface area (Å²) < 4.78 is 34.1. The molecule has 0 radical (unpaired) electrons. The molecule has 4 rings (SSSR count). The minimum absolute atomic E-state index is 0.266. The van der Waals surface area contributed by atoms with Crippen LogP contribution in [-0.4, -0.2) is 52.7 Å². The van der Waals surface area contributed by atoms with Gasteiger partial charge >= 0.3 is 11.9 Å². The van der Waals surface area contributed by atoms with Crippen LogP contribution < -0.4 is 0 Å². The molecule has 0 spiro atoms. The zero-order valence-electron chi connectivity index (χ0n) is 13.7. The molecule has 4 atom stereocenters. The lowest BCUT2D eigenvalue weighted by molar-refractivity contribution is -0.179. The topological polar surface area (TPSA) is 107 Å². The van der Waals surface area contributed by atoms with E-state index in [1.54, 1.807) is 18.2 Å². The van der Waals surface area contributed by atoms with E-state index in [0.29, 0.717) is 5.56 Å². The molecule has 2 fully saturated rings. The predicted molar refractivity (Wildman–Crippen MR) is 87.8 cm³/mol. The third kappa shape index (κ3) is 1.95. The minimum atomic E-state index is -3.88. The Kier molecular flexibility index (Phi) is 3.46. The number of alkyl halides is 1. The number of nitrogens with zero attached hydrogens (tertiary/aromatic N) is 1.